The van der Waals surface area contributed by atoms with Gasteiger partial charge in [-0.05, 0) is 62.3 Å². The van der Waals surface area contributed by atoms with Gasteiger partial charge in [0.2, 0.25) is 0 Å². The summed E-state index contributed by atoms with van der Waals surface area (Å²) in [5.74, 6) is 2.17. The smallest absolute Gasteiger partial charge is 0.137 e. The lowest BCUT2D eigenvalue weighted by atomic mass is 9.91. The summed E-state index contributed by atoms with van der Waals surface area (Å²) in [6, 6.07) is 6.16. The standard InChI is InChI=1S/C14H20ClNO/c1-2-17-14-6-5-11(9-13(14)15)12(7-8-16)10-3-4-10/h5-6,9-10,12H,2-4,7-8,16H2,1H3. The average Bonchev–Trinajstić information content (AvgIpc) is 3.13. The van der Waals surface area contributed by atoms with Crippen molar-refractivity contribution in [1.29, 1.82) is 0 Å². The molecule has 1 aromatic rings. The highest BCUT2D eigenvalue weighted by Gasteiger charge is 2.31. The Balaban J connectivity index is 2.16. The molecule has 0 aromatic heterocycles. The summed E-state index contributed by atoms with van der Waals surface area (Å²) >= 11 is 6.22. The third-order valence-corrected chi connectivity index (χ3v) is 3.65. The van der Waals surface area contributed by atoms with E-state index in [0.29, 0.717) is 17.5 Å². The van der Waals surface area contributed by atoms with E-state index in [1.807, 2.05) is 19.1 Å². The highest BCUT2D eigenvalue weighted by molar-refractivity contribution is 6.32. The van der Waals surface area contributed by atoms with E-state index in [9.17, 15) is 0 Å². The van der Waals surface area contributed by atoms with Crippen LogP contribution in [0.2, 0.25) is 5.02 Å². The molecule has 0 saturated heterocycles. The van der Waals surface area contributed by atoms with Crippen molar-refractivity contribution in [3.05, 3.63) is 28.8 Å². The van der Waals surface area contributed by atoms with E-state index in [4.69, 9.17) is 22.1 Å². The Bertz CT molecular complexity index is 376. The first kappa shape index (κ1) is 12.7. The Hall–Kier alpha value is -0.730. The Morgan fingerprint density at radius 1 is 1.47 bits per heavy atom. The normalized spacial score (nSPS) is 16.9. The molecule has 17 heavy (non-hydrogen) atoms. The molecule has 0 heterocycles. The molecular weight excluding hydrogens is 234 g/mol. The summed E-state index contributed by atoms with van der Waals surface area (Å²) in [5, 5.41) is 0.715. The maximum Gasteiger partial charge on any atom is 0.137 e. The zero-order valence-corrected chi connectivity index (χ0v) is 11.0. The molecule has 1 fully saturated rings. The second-order valence-corrected chi connectivity index (χ2v) is 5.05. The molecule has 2 rings (SSSR count). The summed E-state index contributed by atoms with van der Waals surface area (Å²) in [5.41, 5.74) is 7.00. The zero-order chi connectivity index (χ0) is 12.3. The lowest BCUT2D eigenvalue weighted by molar-refractivity contribution is 0.340. The maximum absolute atomic E-state index is 6.22. The molecular formula is C14H20ClNO. The SMILES string of the molecule is CCOc1ccc(C(CCN)C2CC2)cc1Cl. The largest absolute Gasteiger partial charge is 0.492 e. The quantitative estimate of drug-likeness (QED) is 0.841. The second kappa shape index (κ2) is 5.74. The minimum atomic E-state index is 0.577. The molecule has 2 N–H and O–H groups in total. The van der Waals surface area contributed by atoms with Crippen molar-refractivity contribution in [2.24, 2.45) is 11.7 Å². The number of rotatable bonds is 6. The van der Waals surface area contributed by atoms with Crippen molar-refractivity contribution in [3.63, 3.8) is 0 Å². The molecule has 0 radical (unpaired) electrons. The second-order valence-electron chi connectivity index (χ2n) is 4.64. The van der Waals surface area contributed by atoms with E-state index in [-0.39, 0.29) is 0 Å². The van der Waals surface area contributed by atoms with Gasteiger partial charge in [-0.1, -0.05) is 17.7 Å². The summed E-state index contributed by atoms with van der Waals surface area (Å²) in [6.45, 7) is 3.35. The summed E-state index contributed by atoms with van der Waals surface area (Å²) in [7, 11) is 0. The van der Waals surface area contributed by atoms with Crippen LogP contribution in [0.4, 0.5) is 0 Å². The van der Waals surface area contributed by atoms with Gasteiger partial charge in [-0.3, -0.25) is 0 Å². The Kier molecular flexibility index (Phi) is 4.30. The zero-order valence-electron chi connectivity index (χ0n) is 10.3. The number of benzene rings is 1. The molecule has 1 aliphatic rings. The predicted octanol–water partition coefficient (Wildman–Crippen LogP) is 3.58. The molecule has 0 spiro atoms. The van der Waals surface area contributed by atoms with Crippen LogP contribution >= 0.6 is 11.6 Å². The number of nitrogens with two attached hydrogens (primary N) is 1. The van der Waals surface area contributed by atoms with E-state index in [1.165, 1.54) is 18.4 Å². The van der Waals surface area contributed by atoms with Crippen molar-refractivity contribution in [2.45, 2.75) is 32.1 Å². The van der Waals surface area contributed by atoms with Crippen LogP contribution in [0, 0.1) is 5.92 Å². The van der Waals surface area contributed by atoms with Gasteiger partial charge in [-0.15, -0.1) is 0 Å². The minimum Gasteiger partial charge on any atom is -0.492 e. The molecule has 1 aromatic carbocycles. The van der Waals surface area contributed by atoms with Crippen LogP contribution in [0.5, 0.6) is 5.75 Å². The number of halogens is 1. The van der Waals surface area contributed by atoms with Crippen LogP contribution in [0.3, 0.4) is 0 Å². The van der Waals surface area contributed by atoms with Gasteiger partial charge in [0, 0.05) is 0 Å². The van der Waals surface area contributed by atoms with Crippen molar-refractivity contribution in [2.75, 3.05) is 13.2 Å². The first-order chi connectivity index (χ1) is 8.26. The Morgan fingerprint density at radius 2 is 2.24 bits per heavy atom. The lowest BCUT2D eigenvalue weighted by Gasteiger charge is -2.17. The van der Waals surface area contributed by atoms with Gasteiger partial charge in [-0.25, -0.2) is 0 Å². The molecule has 1 atom stereocenters. The average molecular weight is 254 g/mol. The van der Waals surface area contributed by atoms with Crippen LogP contribution in [0.1, 0.15) is 37.7 Å². The number of ether oxygens (including phenoxy) is 1. The van der Waals surface area contributed by atoms with E-state index in [0.717, 1.165) is 24.6 Å². The third kappa shape index (κ3) is 3.14. The van der Waals surface area contributed by atoms with Gasteiger partial charge in [0.05, 0.1) is 11.6 Å². The van der Waals surface area contributed by atoms with Crippen LogP contribution < -0.4 is 10.5 Å². The minimum absolute atomic E-state index is 0.577. The van der Waals surface area contributed by atoms with E-state index in [2.05, 4.69) is 6.07 Å². The Morgan fingerprint density at radius 3 is 2.76 bits per heavy atom. The van der Waals surface area contributed by atoms with Gasteiger partial charge in [0.1, 0.15) is 5.75 Å². The van der Waals surface area contributed by atoms with E-state index < -0.39 is 0 Å². The third-order valence-electron chi connectivity index (χ3n) is 3.35. The van der Waals surface area contributed by atoms with Crippen LogP contribution in [0.25, 0.3) is 0 Å². The first-order valence-electron chi connectivity index (χ1n) is 6.38. The van der Waals surface area contributed by atoms with Gasteiger partial charge < -0.3 is 10.5 Å². The number of hydrogen-bond donors (Lipinski definition) is 1. The highest BCUT2D eigenvalue weighted by atomic mass is 35.5. The van der Waals surface area contributed by atoms with Crippen LogP contribution in [0.15, 0.2) is 18.2 Å². The summed E-state index contributed by atoms with van der Waals surface area (Å²) < 4.78 is 5.45. The lowest BCUT2D eigenvalue weighted by Crippen LogP contribution is -2.09. The fraction of sp³-hybridized carbons (Fsp3) is 0.571. The van der Waals surface area contributed by atoms with Crippen molar-refractivity contribution >= 4 is 11.6 Å². The van der Waals surface area contributed by atoms with E-state index >= 15 is 0 Å². The molecule has 1 saturated carbocycles. The fourth-order valence-corrected chi connectivity index (χ4v) is 2.62. The molecule has 2 nitrogen and oxygen atoms in total. The first-order valence-corrected chi connectivity index (χ1v) is 6.76. The van der Waals surface area contributed by atoms with Crippen molar-refractivity contribution in [1.82, 2.24) is 0 Å². The molecule has 0 amide bonds. The van der Waals surface area contributed by atoms with Crippen molar-refractivity contribution in [3.8, 4) is 5.75 Å². The van der Waals surface area contributed by atoms with Gasteiger partial charge in [-0.2, -0.15) is 0 Å². The monoisotopic (exact) mass is 253 g/mol. The van der Waals surface area contributed by atoms with Crippen LogP contribution in [-0.2, 0) is 0 Å². The fourth-order valence-electron chi connectivity index (χ4n) is 2.37. The van der Waals surface area contributed by atoms with E-state index in [1.54, 1.807) is 0 Å². The topological polar surface area (TPSA) is 35.2 Å². The summed E-state index contributed by atoms with van der Waals surface area (Å²) in [4.78, 5) is 0. The van der Waals surface area contributed by atoms with Gasteiger partial charge in [0.15, 0.2) is 0 Å². The number of hydrogen-bond acceptors (Lipinski definition) is 2. The summed E-state index contributed by atoms with van der Waals surface area (Å²) in [6.07, 6.45) is 3.71. The van der Waals surface area contributed by atoms with Crippen LogP contribution in [-0.4, -0.2) is 13.2 Å². The molecule has 0 aliphatic heterocycles. The Labute approximate surface area is 108 Å². The molecule has 1 aliphatic carbocycles. The maximum atomic E-state index is 6.22. The predicted molar refractivity (Wildman–Crippen MR) is 71.8 cm³/mol. The molecule has 94 valence electrons. The molecule has 0 bridgehead atoms. The van der Waals surface area contributed by atoms with Crippen molar-refractivity contribution < 1.29 is 4.74 Å². The van der Waals surface area contributed by atoms with Gasteiger partial charge >= 0.3 is 0 Å². The highest BCUT2D eigenvalue weighted by Crippen LogP contribution is 2.45. The molecule has 1 unspecified atom stereocenters. The van der Waals surface area contributed by atoms with Gasteiger partial charge in [0.25, 0.3) is 0 Å². The molecule has 3 heteroatoms.